The van der Waals surface area contributed by atoms with Crippen molar-refractivity contribution in [2.75, 3.05) is 6.61 Å². The van der Waals surface area contributed by atoms with E-state index in [2.05, 4.69) is 21.2 Å². The Morgan fingerprint density at radius 2 is 2.06 bits per heavy atom. The van der Waals surface area contributed by atoms with Crippen LogP contribution in [-0.4, -0.2) is 28.3 Å². The molecule has 0 aromatic heterocycles. The second kappa shape index (κ2) is 5.28. The molecule has 0 saturated heterocycles. The number of aliphatic hydroxyl groups is 1. The lowest BCUT2D eigenvalue weighted by Gasteiger charge is -2.28. The van der Waals surface area contributed by atoms with Crippen LogP contribution in [0.1, 0.15) is 36.0 Å². The second-order valence-electron chi connectivity index (χ2n) is 4.77. The summed E-state index contributed by atoms with van der Waals surface area (Å²) >= 11 is 3.17. The molecule has 1 aliphatic rings. The van der Waals surface area contributed by atoms with E-state index in [1.54, 1.807) is 12.1 Å². The Hall–Kier alpha value is -1.07. The molecule has 1 fully saturated rings. The van der Waals surface area contributed by atoms with Crippen molar-refractivity contribution in [3.63, 3.8) is 0 Å². The number of carbonyl (C=O) groups is 1. The molecule has 4 nitrogen and oxygen atoms in total. The zero-order chi connectivity index (χ0) is 13.2. The predicted molar refractivity (Wildman–Crippen MR) is 71.6 cm³/mol. The van der Waals surface area contributed by atoms with Gasteiger partial charge in [-0.1, -0.05) is 12.8 Å². The Kier molecular flexibility index (Phi) is 3.92. The van der Waals surface area contributed by atoms with Crippen molar-refractivity contribution in [1.29, 1.82) is 0 Å². The standard InChI is InChI=1S/C13H16BrNO3/c14-10-4-3-9(7-11(10)17)12(18)15-13(8-16)5-1-2-6-13/h3-4,7,16-17H,1-2,5-6,8H2,(H,15,18). The van der Waals surface area contributed by atoms with Gasteiger partial charge in [-0.25, -0.2) is 0 Å². The van der Waals surface area contributed by atoms with Gasteiger partial charge in [0.1, 0.15) is 5.75 Å². The minimum absolute atomic E-state index is 0.0344. The molecule has 1 aliphatic carbocycles. The lowest BCUT2D eigenvalue weighted by molar-refractivity contribution is 0.0838. The maximum absolute atomic E-state index is 12.1. The van der Waals surface area contributed by atoms with Crippen molar-refractivity contribution in [1.82, 2.24) is 5.32 Å². The average Bonchev–Trinajstić information content (AvgIpc) is 2.82. The summed E-state index contributed by atoms with van der Waals surface area (Å²) in [5.41, 5.74) is -0.0878. The van der Waals surface area contributed by atoms with Gasteiger partial charge >= 0.3 is 0 Å². The van der Waals surface area contributed by atoms with E-state index in [1.165, 1.54) is 6.07 Å². The molecular weight excluding hydrogens is 298 g/mol. The second-order valence-corrected chi connectivity index (χ2v) is 5.62. The molecule has 0 atom stereocenters. The smallest absolute Gasteiger partial charge is 0.251 e. The lowest BCUT2D eigenvalue weighted by Crippen LogP contribution is -2.49. The van der Waals surface area contributed by atoms with Crippen molar-refractivity contribution in [3.05, 3.63) is 28.2 Å². The molecular formula is C13H16BrNO3. The Balaban J connectivity index is 2.13. The highest BCUT2D eigenvalue weighted by atomic mass is 79.9. The van der Waals surface area contributed by atoms with E-state index >= 15 is 0 Å². The van der Waals surface area contributed by atoms with Gasteiger partial charge in [-0.2, -0.15) is 0 Å². The minimum atomic E-state index is -0.486. The number of phenolic OH excluding ortho intramolecular Hbond substituents is 1. The molecule has 18 heavy (non-hydrogen) atoms. The highest BCUT2D eigenvalue weighted by molar-refractivity contribution is 9.10. The van der Waals surface area contributed by atoms with E-state index in [-0.39, 0.29) is 18.3 Å². The molecule has 0 spiro atoms. The summed E-state index contributed by atoms with van der Waals surface area (Å²) < 4.78 is 0.553. The van der Waals surface area contributed by atoms with E-state index in [4.69, 9.17) is 0 Å². The molecule has 0 unspecified atom stereocenters. The minimum Gasteiger partial charge on any atom is -0.507 e. The molecule has 1 aromatic carbocycles. The van der Waals surface area contributed by atoms with E-state index in [1.807, 2.05) is 0 Å². The first kappa shape index (κ1) is 13.4. The molecule has 98 valence electrons. The normalized spacial score (nSPS) is 17.7. The fourth-order valence-electron chi connectivity index (χ4n) is 2.34. The highest BCUT2D eigenvalue weighted by Gasteiger charge is 2.34. The van der Waals surface area contributed by atoms with Gasteiger partial charge in [0, 0.05) is 5.56 Å². The zero-order valence-electron chi connectivity index (χ0n) is 9.95. The van der Waals surface area contributed by atoms with Gasteiger partial charge in [0.05, 0.1) is 16.6 Å². The Bertz CT molecular complexity index is 456. The number of aromatic hydroxyl groups is 1. The molecule has 0 aliphatic heterocycles. The van der Waals surface area contributed by atoms with Crippen molar-refractivity contribution >= 4 is 21.8 Å². The van der Waals surface area contributed by atoms with Gasteiger partial charge in [-0.3, -0.25) is 4.79 Å². The van der Waals surface area contributed by atoms with E-state index in [9.17, 15) is 15.0 Å². The Morgan fingerprint density at radius 3 is 2.61 bits per heavy atom. The summed E-state index contributed by atoms with van der Waals surface area (Å²) in [6, 6.07) is 4.68. The molecule has 1 amide bonds. The third kappa shape index (κ3) is 2.67. The average molecular weight is 314 g/mol. The highest BCUT2D eigenvalue weighted by Crippen LogP contribution is 2.30. The first-order valence-corrected chi connectivity index (χ1v) is 6.77. The maximum Gasteiger partial charge on any atom is 0.251 e. The Morgan fingerprint density at radius 1 is 1.39 bits per heavy atom. The number of hydrogen-bond acceptors (Lipinski definition) is 3. The van der Waals surface area contributed by atoms with E-state index < -0.39 is 5.54 Å². The summed E-state index contributed by atoms with van der Waals surface area (Å²) in [6.45, 7) is -0.0404. The van der Waals surface area contributed by atoms with Gasteiger partial charge < -0.3 is 15.5 Å². The van der Waals surface area contributed by atoms with Crippen LogP contribution in [0.3, 0.4) is 0 Å². The van der Waals surface area contributed by atoms with Crippen molar-refractivity contribution in [2.45, 2.75) is 31.2 Å². The van der Waals surface area contributed by atoms with Crippen LogP contribution in [0.5, 0.6) is 5.75 Å². The van der Waals surface area contributed by atoms with Crippen LogP contribution < -0.4 is 5.32 Å². The van der Waals surface area contributed by atoms with Crippen molar-refractivity contribution in [2.24, 2.45) is 0 Å². The topological polar surface area (TPSA) is 69.6 Å². The summed E-state index contributed by atoms with van der Waals surface area (Å²) in [7, 11) is 0. The number of halogens is 1. The van der Waals surface area contributed by atoms with Crippen LogP contribution in [0.2, 0.25) is 0 Å². The van der Waals surface area contributed by atoms with Gasteiger partial charge in [0.2, 0.25) is 0 Å². The van der Waals surface area contributed by atoms with Crippen LogP contribution in [-0.2, 0) is 0 Å². The van der Waals surface area contributed by atoms with Gasteiger partial charge in [0.25, 0.3) is 5.91 Å². The van der Waals surface area contributed by atoms with Crippen LogP contribution in [0.15, 0.2) is 22.7 Å². The Labute approximate surface area is 114 Å². The van der Waals surface area contributed by atoms with Crippen LogP contribution in [0.4, 0.5) is 0 Å². The number of amides is 1. The first-order chi connectivity index (χ1) is 8.56. The molecule has 0 radical (unpaired) electrons. The monoisotopic (exact) mass is 313 g/mol. The summed E-state index contributed by atoms with van der Waals surface area (Å²) in [5.74, 6) is -0.221. The SMILES string of the molecule is O=C(NC1(CO)CCCC1)c1ccc(Br)c(O)c1. The van der Waals surface area contributed by atoms with E-state index in [0.717, 1.165) is 25.7 Å². The molecule has 0 heterocycles. The number of phenols is 1. The quantitative estimate of drug-likeness (QED) is 0.801. The maximum atomic E-state index is 12.1. The first-order valence-electron chi connectivity index (χ1n) is 5.98. The molecule has 1 aromatic rings. The van der Waals surface area contributed by atoms with Crippen LogP contribution in [0, 0.1) is 0 Å². The van der Waals surface area contributed by atoms with Gasteiger partial charge in [0.15, 0.2) is 0 Å². The predicted octanol–water partition coefficient (Wildman–Crippen LogP) is 2.19. The molecule has 5 heteroatoms. The summed E-state index contributed by atoms with van der Waals surface area (Å²) in [4.78, 5) is 12.1. The lowest BCUT2D eigenvalue weighted by atomic mass is 9.98. The summed E-state index contributed by atoms with van der Waals surface area (Å²) in [6.07, 6.45) is 3.65. The third-order valence-electron chi connectivity index (χ3n) is 3.45. The number of hydrogen-bond donors (Lipinski definition) is 3. The molecule has 2 rings (SSSR count). The number of benzene rings is 1. The zero-order valence-corrected chi connectivity index (χ0v) is 11.5. The van der Waals surface area contributed by atoms with Crippen LogP contribution >= 0.6 is 15.9 Å². The number of nitrogens with one attached hydrogen (secondary N) is 1. The molecule has 0 bridgehead atoms. The fraction of sp³-hybridized carbons (Fsp3) is 0.462. The number of rotatable bonds is 3. The fourth-order valence-corrected chi connectivity index (χ4v) is 2.59. The van der Waals surface area contributed by atoms with Crippen molar-refractivity contribution in [3.8, 4) is 5.75 Å². The van der Waals surface area contributed by atoms with Gasteiger partial charge in [-0.05, 0) is 47.0 Å². The van der Waals surface area contributed by atoms with Crippen molar-refractivity contribution < 1.29 is 15.0 Å². The van der Waals surface area contributed by atoms with Gasteiger partial charge in [-0.15, -0.1) is 0 Å². The van der Waals surface area contributed by atoms with E-state index in [0.29, 0.717) is 10.0 Å². The number of aliphatic hydroxyl groups excluding tert-OH is 1. The molecule has 3 N–H and O–H groups in total. The number of carbonyl (C=O) groups excluding carboxylic acids is 1. The van der Waals surface area contributed by atoms with Crippen LogP contribution in [0.25, 0.3) is 0 Å². The molecule has 1 saturated carbocycles. The summed E-state index contributed by atoms with van der Waals surface area (Å²) in [5, 5.41) is 21.9. The third-order valence-corrected chi connectivity index (χ3v) is 4.12. The largest absolute Gasteiger partial charge is 0.507 e.